The van der Waals surface area contributed by atoms with Crippen LogP contribution in [0.5, 0.6) is 0 Å². The summed E-state index contributed by atoms with van der Waals surface area (Å²) in [6.07, 6.45) is 0. The normalized spacial score (nSPS) is 32.9. The van der Waals surface area contributed by atoms with Crippen molar-refractivity contribution in [1.82, 2.24) is 5.32 Å². The van der Waals surface area contributed by atoms with Gasteiger partial charge >= 0.3 is 5.97 Å². The van der Waals surface area contributed by atoms with Gasteiger partial charge in [-0.1, -0.05) is 5.18 Å². The zero-order chi connectivity index (χ0) is 9.90. The van der Waals surface area contributed by atoms with Crippen molar-refractivity contribution >= 4 is 5.97 Å². The van der Waals surface area contributed by atoms with Gasteiger partial charge in [-0.05, 0) is 13.8 Å². The van der Waals surface area contributed by atoms with Crippen molar-refractivity contribution < 1.29 is 9.53 Å². The summed E-state index contributed by atoms with van der Waals surface area (Å²) in [6, 6.07) is -0.508. The summed E-state index contributed by atoms with van der Waals surface area (Å²) in [5, 5.41) is 5.89. The highest BCUT2D eigenvalue weighted by Gasteiger charge is 2.47. The van der Waals surface area contributed by atoms with E-state index in [1.807, 2.05) is 0 Å². The molecular weight excluding hydrogens is 172 g/mol. The third-order valence-corrected chi connectivity index (χ3v) is 2.43. The van der Waals surface area contributed by atoms with Crippen LogP contribution in [0.2, 0.25) is 0 Å². The van der Waals surface area contributed by atoms with E-state index in [1.165, 1.54) is 0 Å². The molecule has 13 heavy (non-hydrogen) atoms. The largest absolute Gasteiger partial charge is 0.465 e. The Morgan fingerprint density at radius 3 is 3.00 bits per heavy atom. The minimum Gasteiger partial charge on any atom is -0.465 e. The van der Waals surface area contributed by atoms with Crippen molar-refractivity contribution in [2.75, 3.05) is 19.7 Å². The number of rotatable bonds is 3. The summed E-state index contributed by atoms with van der Waals surface area (Å²) in [7, 11) is 0. The second kappa shape index (κ2) is 3.83. The van der Waals surface area contributed by atoms with Crippen LogP contribution >= 0.6 is 0 Å². The first-order valence-electron chi connectivity index (χ1n) is 4.35. The SMILES string of the molecule is CCOC(=O)C1(C)CNCC1N=O. The second-order valence-electron chi connectivity index (χ2n) is 3.39. The number of esters is 1. The number of carbonyl (C=O) groups excluding carboxylic acids is 1. The average Bonchev–Trinajstić information content (AvgIpc) is 2.48. The van der Waals surface area contributed by atoms with E-state index in [1.54, 1.807) is 13.8 Å². The maximum atomic E-state index is 11.5. The number of hydrogen-bond acceptors (Lipinski definition) is 5. The van der Waals surface area contributed by atoms with Gasteiger partial charge in [0.15, 0.2) is 0 Å². The van der Waals surface area contributed by atoms with Crippen molar-refractivity contribution in [2.24, 2.45) is 10.6 Å². The smallest absolute Gasteiger partial charge is 0.315 e. The summed E-state index contributed by atoms with van der Waals surface area (Å²) in [6.45, 7) is 4.70. The van der Waals surface area contributed by atoms with Crippen LogP contribution in [0.1, 0.15) is 13.8 Å². The number of nitrogens with zero attached hydrogens (tertiary/aromatic N) is 1. The van der Waals surface area contributed by atoms with Gasteiger partial charge in [0, 0.05) is 13.1 Å². The van der Waals surface area contributed by atoms with Crippen LogP contribution in [-0.4, -0.2) is 31.7 Å². The van der Waals surface area contributed by atoms with E-state index < -0.39 is 11.5 Å². The molecule has 0 bridgehead atoms. The summed E-state index contributed by atoms with van der Waals surface area (Å²) >= 11 is 0. The summed E-state index contributed by atoms with van der Waals surface area (Å²) in [5.41, 5.74) is -0.780. The van der Waals surface area contributed by atoms with Gasteiger partial charge in [0.2, 0.25) is 0 Å². The topological polar surface area (TPSA) is 67.8 Å². The van der Waals surface area contributed by atoms with Crippen LogP contribution in [0.3, 0.4) is 0 Å². The first kappa shape index (κ1) is 10.1. The van der Waals surface area contributed by atoms with E-state index in [9.17, 15) is 9.70 Å². The van der Waals surface area contributed by atoms with E-state index in [-0.39, 0.29) is 5.97 Å². The number of nitroso groups, excluding NO2 is 1. The highest BCUT2D eigenvalue weighted by atomic mass is 16.5. The summed E-state index contributed by atoms with van der Waals surface area (Å²) in [4.78, 5) is 21.9. The van der Waals surface area contributed by atoms with Crippen LogP contribution in [0.25, 0.3) is 0 Å². The van der Waals surface area contributed by atoms with Crippen molar-refractivity contribution in [3.63, 3.8) is 0 Å². The van der Waals surface area contributed by atoms with Gasteiger partial charge in [0.1, 0.15) is 11.5 Å². The van der Waals surface area contributed by atoms with Gasteiger partial charge in [-0.25, -0.2) is 0 Å². The lowest BCUT2D eigenvalue weighted by Crippen LogP contribution is -2.39. The minimum atomic E-state index is -0.780. The van der Waals surface area contributed by atoms with E-state index in [4.69, 9.17) is 4.74 Å². The molecule has 74 valence electrons. The molecule has 0 aromatic rings. The molecule has 1 heterocycles. The van der Waals surface area contributed by atoms with Gasteiger partial charge < -0.3 is 10.1 Å². The standard InChI is InChI=1S/C8H14N2O3/c1-3-13-7(11)8(2)5-9-4-6(8)10-12/h6,9H,3-5H2,1-2H3. The number of carbonyl (C=O) groups is 1. The maximum absolute atomic E-state index is 11.5. The molecule has 0 saturated carbocycles. The summed E-state index contributed by atoms with van der Waals surface area (Å²) < 4.78 is 4.88. The molecule has 0 aromatic heterocycles. The molecule has 5 heteroatoms. The molecule has 1 fully saturated rings. The quantitative estimate of drug-likeness (QED) is 0.508. The highest BCUT2D eigenvalue weighted by Crippen LogP contribution is 2.29. The van der Waals surface area contributed by atoms with Gasteiger partial charge in [0.25, 0.3) is 0 Å². The Balaban J connectivity index is 2.72. The molecule has 1 saturated heterocycles. The van der Waals surface area contributed by atoms with E-state index in [0.29, 0.717) is 19.7 Å². The Bertz CT molecular complexity index is 219. The molecule has 1 aliphatic heterocycles. The molecule has 0 aromatic carbocycles. The molecular formula is C8H14N2O3. The molecule has 0 spiro atoms. The number of nitrogens with one attached hydrogen (secondary N) is 1. The van der Waals surface area contributed by atoms with E-state index in [0.717, 1.165) is 0 Å². The first-order valence-corrected chi connectivity index (χ1v) is 4.35. The molecule has 5 nitrogen and oxygen atoms in total. The van der Waals surface area contributed by atoms with Gasteiger partial charge in [0.05, 0.1) is 6.61 Å². The van der Waals surface area contributed by atoms with Gasteiger partial charge in [-0.15, -0.1) is 0 Å². The molecule has 2 atom stereocenters. The fourth-order valence-corrected chi connectivity index (χ4v) is 1.47. The predicted molar refractivity (Wildman–Crippen MR) is 47.2 cm³/mol. The number of hydrogen-bond donors (Lipinski definition) is 1. The Kier molecular flexibility index (Phi) is 2.98. The van der Waals surface area contributed by atoms with Crippen LogP contribution in [0.15, 0.2) is 5.18 Å². The monoisotopic (exact) mass is 186 g/mol. The molecule has 0 aliphatic carbocycles. The van der Waals surface area contributed by atoms with Crippen molar-refractivity contribution in [3.05, 3.63) is 4.91 Å². The lowest BCUT2D eigenvalue weighted by atomic mass is 9.86. The number of ether oxygens (including phenoxy) is 1. The van der Waals surface area contributed by atoms with Gasteiger partial charge in [-0.2, -0.15) is 4.91 Å². The molecule has 1 rings (SSSR count). The molecule has 0 radical (unpaired) electrons. The van der Waals surface area contributed by atoms with Crippen LogP contribution in [0, 0.1) is 10.3 Å². The summed E-state index contributed by atoms with van der Waals surface area (Å²) in [5.74, 6) is -0.343. The van der Waals surface area contributed by atoms with Crippen molar-refractivity contribution in [1.29, 1.82) is 0 Å². The van der Waals surface area contributed by atoms with E-state index in [2.05, 4.69) is 10.5 Å². The predicted octanol–water partition coefficient (Wildman–Crippen LogP) is 0.294. The van der Waals surface area contributed by atoms with Crippen LogP contribution < -0.4 is 5.32 Å². The zero-order valence-corrected chi connectivity index (χ0v) is 7.87. The van der Waals surface area contributed by atoms with Crippen LogP contribution in [-0.2, 0) is 9.53 Å². The third-order valence-electron chi connectivity index (χ3n) is 2.43. The van der Waals surface area contributed by atoms with Crippen LogP contribution in [0.4, 0.5) is 0 Å². The fraction of sp³-hybridized carbons (Fsp3) is 0.875. The average molecular weight is 186 g/mol. The molecule has 2 unspecified atom stereocenters. The van der Waals surface area contributed by atoms with Gasteiger partial charge in [-0.3, -0.25) is 4.79 Å². The Hall–Kier alpha value is -0.970. The second-order valence-corrected chi connectivity index (χ2v) is 3.39. The maximum Gasteiger partial charge on any atom is 0.315 e. The van der Waals surface area contributed by atoms with Crippen molar-refractivity contribution in [3.8, 4) is 0 Å². The fourth-order valence-electron chi connectivity index (χ4n) is 1.47. The van der Waals surface area contributed by atoms with Crippen molar-refractivity contribution in [2.45, 2.75) is 19.9 Å². The van der Waals surface area contributed by atoms with E-state index >= 15 is 0 Å². The molecule has 1 aliphatic rings. The first-order chi connectivity index (χ1) is 6.15. The zero-order valence-electron chi connectivity index (χ0n) is 7.87. The molecule has 0 amide bonds. The Morgan fingerprint density at radius 2 is 2.46 bits per heavy atom. The molecule has 1 N–H and O–H groups in total. The minimum absolute atomic E-state index is 0.333. The lowest BCUT2D eigenvalue weighted by Gasteiger charge is -2.22. The highest BCUT2D eigenvalue weighted by molar-refractivity contribution is 5.78. The Morgan fingerprint density at radius 1 is 1.77 bits per heavy atom. The lowest BCUT2D eigenvalue weighted by molar-refractivity contribution is -0.153. The Labute approximate surface area is 76.8 Å². The third kappa shape index (κ3) is 1.70.